The second kappa shape index (κ2) is 45.4. The Balaban J connectivity index is -0.0000000112. The molecule has 0 aliphatic carbocycles. The molecule has 115 valence electrons. The molecule has 0 unspecified atom stereocenters. The summed E-state index contributed by atoms with van der Waals surface area (Å²) in [5, 5.41) is 4.03. The van der Waals surface area contributed by atoms with E-state index in [1.165, 1.54) is 0 Å². The van der Waals surface area contributed by atoms with Gasteiger partial charge in [0.1, 0.15) is 0 Å². The number of thiophene rings is 2. The third kappa shape index (κ3) is 40.4. The molecule has 0 spiro atoms. The van der Waals surface area contributed by atoms with Gasteiger partial charge >= 0.3 is 0 Å². The van der Waals surface area contributed by atoms with Gasteiger partial charge < -0.3 is 7.43 Å². The van der Waals surface area contributed by atoms with E-state index in [-0.39, 0.29) is 208 Å². The van der Waals surface area contributed by atoms with Gasteiger partial charge in [0.05, 0.1) is 0 Å². The topological polar surface area (TPSA) is 0 Å². The minimum absolute atomic E-state index is 0. The first-order valence-electron chi connectivity index (χ1n) is 3.50. The van der Waals surface area contributed by atoms with Crippen molar-refractivity contribution in [3.63, 3.8) is 0 Å². The summed E-state index contributed by atoms with van der Waals surface area (Å²) >= 11 is 3.33. The molecule has 0 aliphatic heterocycles. The smallest absolute Gasteiger partial charge is 0 e. The Hall–Kier alpha value is 5.65. The monoisotopic (exact) mass is 1010 g/mol. The van der Waals surface area contributed by atoms with Crippen LogP contribution in [-0.2, 0) is 200 Å². The molecule has 0 aliphatic rings. The zero-order valence-electron chi connectivity index (χ0n) is 11.9. The molecule has 0 bridgehead atoms. The van der Waals surface area contributed by atoms with Crippen molar-refractivity contribution in [1.82, 2.24) is 0 Å². The molecule has 0 N–H and O–H groups in total. The van der Waals surface area contributed by atoms with E-state index in [2.05, 4.69) is 13.8 Å². The van der Waals surface area contributed by atoms with Gasteiger partial charge in [-0.2, -0.15) is 34.8 Å². The third-order valence-corrected chi connectivity index (χ3v) is 2.62. The summed E-state index contributed by atoms with van der Waals surface area (Å²) in [6, 6.07) is 7.97. The molecule has 22 heavy (non-hydrogen) atoms. The second-order valence-corrected chi connectivity index (χ2v) is 4.22. The molecule has 2 rings (SSSR count). The van der Waals surface area contributed by atoms with E-state index in [4.69, 9.17) is 0 Å². The Labute approximate surface area is 282 Å². The van der Waals surface area contributed by atoms with Crippen molar-refractivity contribution in [3.8, 4) is 0 Å². The normalized spacial score (nSPS) is 4.73. The summed E-state index contributed by atoms with van der Waals surface area (Å²) in [5.74, 6) is 0. The van der Waals surface area contributed by atoms with Crippen LogP contribution in [0, 0.1) is 21.3 Å². The Morgan fingerprint density at radius 3 is 0.909 bits per heavy atom. The van der Waals surface area contributed by atoms with Crippen LogP contribution in [0.2, 0.25) is 0 Å². The number of hydrogen-bond donors (Lipinski definition) is 0. The molecule has 0 amide bonds. The maximum atomic E-state index is 3.70. The van der Waals surface area contributed by atoms with Gasteiger partial charge in [0.2, 0.25) is 0 Å². The van der Waals surface area contributed by atoms with Crippen LogP contribution < -0.4 is 0 Å². The standard InChI is InChI=1S/2C5H5S.CH3.5V.2W.2Y/c2*1-5-3-2-4-6-5;;;;;;;;;;/h2*2-4H,1H2;1H3;;;;;;;;;/q3*-1;;;;;;;;;. The fourth-order valence-electron chi connectivity index (χ4n) is 0.625. The Bertz CT molecular complexity index is 282. The molecule has 0 atom stereocenters. The molecule has 7 radical (unpaired) electrons. The second-order valence-electron chi connectivity index (χ2n) is 2.16. The Morgan fingerprint density at radius 1 is 0.636 bits per heavy atom. The molecule has 0 nitrogen and oxygen atoms in total. The molecule has 11 heteroatoms. The zero-order valence-corrected chi connectivity index (χ0v) is 32.1. The van der Waals surface area contributed by atoms with Gasteiger partial charge in [0.25, 0.3) is 0 Å². The van der Waals surface area contributed by atoms with Gasteiger partial charge in [-0.1, -0.05) is 0 Å². The number of hydrogen-bond acceptors (Lipinski definition) is 2. The van der Waals surface area contributed by atoms with Crippen LogP contribution in [0.1, 0.15) is 9.75 Å². The zero-order chi connectivity index (χ0) is 8.81. The first-order valence-corrected chi connectivity index (χ1v) is 5.26. The molecule has 2 heterocycles. The van der Waals surface area contributed by atoms with Crippen LogP contribution in [-0.4, -0.2) is 0 Å². The van der Waals surface area contributed by atoms with E-state index in [0.717, 1.165) is 9.75 Å². The van der Waals surface area contributed by atoms with Crippen molar-refractivity contribution >= 4 is 22.7 Å². The van der Waals surface area contributed by atoms with Crippen molar-refractivity contribution in [2.75, 3.05) is 0 Å². The van der Waals surface area contributed by atoms with Crippen LogP contribution >= 0.6 is 22.7 Å². The van der Waals surface area contributed by atoms with Gasteiger partial charge in [-0.05, 0) is 10.8 Å². The van der Waals surface area contributed by atoms with E-state index in [9.17, 15) is 0 Å². The van der Waals surface area contributed by atoms with Crippen molar-refractivity contribution in [1.29, 1.82) is 0 Å². The van der Waals surface area contributed by atoms with E-state index < -0.39 is 0 Å². The third-order valence-electron chi connectivity index (χ3n) is 1.16. The van der Waals surface area contributed by atoms with Crippen molar-refractivity contribution < 1.29 is 200 Å². The molecular formula is C11H13S2V5W2Y2-3. The predicted octanol–water partition coefficient (Wildman–Crippen LogP) is 4.29. The average Bonchev–Trinajstić information content (AvgIpc) is 2.63. The predicted molar refractivity (Wildman–Crippen MR) is 64.0 cm³/mol. The van der Waals surface area contributed by atoms with E-state index in [0.29, 0.717) is 0 Å². The van der Waals surface area contributed by atoms with Gasteiger partial charge in [-0.3, -0.25) is 0 Å². The summed E-state index contributed by atoms with van der Waals surface area (Å²) in [6.45, 7) is 7.40. The van der Waals surface area contributed by atoms with Crippen molar-refractivity contribution in [2.24, 2.45) is 0 Å². The van der Waals surface area contributed by atoms with E-state index in [1.54, 1.807) is 22.7 Å². The van der Waals surface area contributed by atoms with Crippen molar-refractivity contribution in [3.05, 3.63) is 66.1 Å². The maximum Gasteiger partial charge on any atom is 0 e. The van der Waals surface area contributed by atoms with Crippen LogP contribution in [0.15, 0.2) is 35.0 Å². The minimum Gasteiger partial charge on any atom is -0.358 e. The quantitative estimate of drug-likeness (QED) is 0.347. The first-order chi connectivity index (χ1) is 5.79. The van der Waals surface area contributed by atoms with Crippen LogP contribution in [0.3, 0.4) is 0 Å². The summed E-state index contributed by atoms with van der Waals surface area (Å²) in [5.41, 5.74) is 0. The van der Waals surface area contributed by atoms with Gasteiger partial charge in [0.15, 0.2) is 0 Å². The van der Waals surface area contributed by atoms with Gasteiger partial charge in [-0.15, -0.1) is 21.9 Å². The van der Waals surface area contributed by atoms with Crippen LogP contribution in [0.5, 0.6) is 0 Å². The molecule has 0 saturated carbocycles. The Morgan fingerprint density at radius 2 is 0.864 bits per heavy atom. The molecule has 0 aromatic carbocycles. The van der Waals surface area contributed by atoms with Crippen LogP contribution in [0.25, 0.3) is 0 Å². The fourth-order valence-corrected chi connectivity index (χ4v) is 1.60. The van der Waals surface area contributed by atoms with E-state index >= 15 is 0 Å². The molecule has 2 aromatic rings. The fraction of sp³-hybridized carbons (Fsp3) is 0. The minimum atomic E-state index is 0. The first kappa shape index (κ1) is 63.0. The molecule has 2 aromatic heterocycles. The Kier molecular flexibility index (Phi) is 130. The van der Waals surface area contributed by atoms with Crippen LogP contribution in [0.4, 0.5) is 0 Å². The summed E-state index contributed by atoms with van der Waals surface area (Å²) in [7, 11) is 0. The largest absolute Gasteiger partial charge is 0.358 e. The molecule has 0 fully saturated rings. The SMILES string of the molecule is [CH2-]c1cccs1.[CH2-]c1cccs1.[CH3-].[V].[V].[V].[V].[V].[W].[W].[Y].[Y]. The number of rotatable bonds is 0. The average molecular weight is 1010 g/mol. The molecular weight excluding hydrogens is 996 g/mol. The van der Waals surface area contributed by atoms with Crippen molar-refractivity contribution in [2.45, 2.75) is 0 Å². The maximum absolute atomic E-state index is 3.70. The van der Waals surface area contributed by atoms with Gasteiger partial charge in [-0.25, -0.2) is 13.8 Å². The van der Waals surface area contributed by atoms with Gasteiger partial charge in [0, 0.05) is 200 Å². The molecule has 0 saturated heterocycles. The summed E-state index contributed by atoms with van der Waals surface area (Å²) < 4.78 is 0. The summed E-state index contributed by atoms with van der Waals surface area (Å²) in [4.78, 5) is 2.27. The summed E-state index contributed by atoms with van der Waals surface area (Å²) in [6.07, 6.45) is 0. The van der Waals surface area contributed by atoms with E-state index in [1.807, 2.05) is 35.0 Å².